The summed E-state index contributed by atoms with van der Waals surface area (Å²) in [6.07, 6.45) is 1.21. The molecular weight excluding hydrogens is 435 g/mol. The predicted octanol–water partition coefficient (Wildman–Crippen LogP) is 5.03. The minimum absolute atomic E-state index is 0.0740. The summed E-state index contributed by atoms with van der Waals surface area (Å²) >= 11 is 11.8. The average molecular weight is 450 g/mol. The number of anilines is 2. The molecule has 0 aliphatic carbocycles. The minimum atomic E-state index is -0.600. The van der Waals surface area contributed by atoms with Gasteiger partial charge in [0.1, 0.15) is 17.5 Å². The molecule has 0 aliphatic rings. The van der Waals surface area contributed by atoms with Gasteiger partial charge >= 0.3 is 0 Å². The van der Waals surface area contributed by atoms with Crippen molar-refractivity contribution in [3.8, 4) is 0 Å². The summed E-state index contributed by atoms with van der Waals surface area (Å²) in [6.45, 7) is 0. The molecule has 0 unspecified atom stereocenters. The summed E-state index contributed by atoms with van der Waals surface area (Å²) in [4.78, 5) is 28.5. The van der Waals surface area contributed by atoms with Gasteiger partial charge in [0, 0.05) is 23.0 Å². The van der Waals surface area contributed by atoms with E-state index in [2.05, 4.69) is 15.6 Å². The molecule has 30 heavy (non-hydrogen) atoms. The Morgan fingerprint density at radius 1 is 0.900 bits per heavy atom. The van der Waals surface area contributed by atoms with Crippen LogP contribution in [0, 0.1) is 11.6 Å². The fourth-order valence-electron chi connectivity index (χ4n) is 2.66. The number of rotatable bonds is 6. The first kappa shape index (κ1) is 21.7. The van der Waals surface area contributed by atoms with Crippen molar-refractivity contribution >= 4 is 46.5 Å². The predicted molar refractivity (Wildman–Crippen MR) is 112 cm³/mol. The van der Waals surface area contributed by atoms with Gasteiger partial charge in [-0.05, 0) is 35.4 Å². The maximum atomic E-state index is 13.5. The maximum Gasteiger partial charge on any atom is 0.230 e. The number of nitrogens with one attached hydrogen (secondary N) is 2. The second-order valence-electron chi connectivity index (χ2n) is 6.33. The van der Waals surface area contributed by atoms with Gasteiger partial charge in [-0.1, -0.05) is 41.4 Å². The second kappa shape index (κ2) is 9.65. The molecule has 0 radical (unpaired) electrons. The molecule has 0 saturated carbocycles. The quantitative estimate of drug-likeness (QED) is 0.554. The molecule has 0 spiro atoms. The molecule has 1 heterocycles. The van der Waals surface area contributed by atoms with Gasteiger partial charge in [0.2, 0.25) is 11.8 Å². The minimum Gasteiger partial charge on any atom is -0.326 e. The van der Waals surface area contributed by atoms with Gasteiger partial charge in [0.25, 0.3) is 0 Å². The molecular formula is C21H15Cl2F2N3O2. The number of aromatic nitrogens is 1. The van der Waals surface area contributed by atoms with Crippen molar-refractivity contribution in [2.24, 2.45) is 0 Å². The van der Waals surface area contributed by atoms with Crippen LogP contribution >= 0.6 is 23.2 Å². The normalized spacial score (nSPS) is 10.5. The number of carbonyl (C=O) groups is 2. The standard InChI is InChI=1S/C21H15Cl2F2N3O2/c22-16-10-14(24)5-4-12(16)8-20(30)28-18-11-15(6-7-26-18)27-19(29)9-13-2-1-3-17(25)21(13)23/h1-7,10-11H,8-9H2,(H2,26,27,28,29,30). The molecule has 5 nitrogen and oxygen atoms in total. The van der Waals surface area contributed by atoms with Crippen molar-refractivity contribution in [1.82, 2.24) is 4.98 Å². The van der Waals surface area contributed by atoms with Crippen LogP contribution in [0.15, 0.2) is 54.7 Å². The lowest BCUT2D eigenvalue weighted by molar-refractivity contribution is -0.116. The molecule has 2 N–H and O–H groups in total. The first-order valence-electron chi connectivity index (χ1n) is 8.74. The summed E-state index contributed by atoms with van der Waals surface area (Å²) in [5, 5.41) is 5.28. The maximum absolute atomic E-state index is 13.5. The average Bonchev–Trinajstić information content (AvgIpc) is 2.68. The number of halogens is 4. The first-order chi connectivity index (χ1) is 14.3. The lowest BCUT2D eigenvalue weighted by atomic mass is 10.1. The van der Waals surface area contributed by atoms with Crippen LogP contribution < -0.4 is 10.6 Å². The number of hydrogen-bond acceptors (Lipinski definition) is 3. The van der Waals surface area contributed by atoms with Gasteiger partial charge in [-0.3, -0.25) is 9.59 Å². The molecule has 0 atom stereocenters. The Labute approximate surface area is 181 Å². The number of carbonyl (C=O) groups excluding carboxylic acids is 2. The Hall–Kier alpha value is -3.03. The Bertz CT molecular complexity index is 1110. The number of amides is 2. The highest BCUT2D eigenvalue weighted by Gasteiger charge is 2.12. The summed E-state index contributed by atoms with van der Waals surface area (Å²) in [6, 6.07) is 11.0. The smallest absolute Gasteiger partial charge is 0.230 e. The van der Waals surface area contributed by atoms with Crippen molar-refractivity contribution < 1.29 is 18.4 Å². The van der Waals surface area contributed by atoms with E-state index in [1.54, 1.807) is 6.07 Å². The first-order valence-corrected chi connectivity index (χ1v) is 9.50. The van der Waals surface area contributed by atoms with Crippen molar-refractivity contribution in [2.45, 2.75) is 12.8 Å². The number of hydrogen-bond donors (Lipinski definition) is 2. The molecule has 2 amide bonds. The second-order valence-corrected chi connectivity index (χ2v) is 7.11. The lowest BCUT2D eigenvalue weighted by Crippen LogP contribution is -2.17. The van der Waals surface area contributed by atoms with Crippen molar-refractivity contribution in [3.63, 3.8) is 0 Å². The zero-order valence-electron chi connectivity index (χ0n) is 15.4. The summed E-state index contributed by atoms with van der Waals surface area (Å²) in [5.74, 6) is -1.71. The summed E-state index contributed by atoms with van der Waals surface area (Å²) < 4.78 is 26.6. The molecule has 0 saturated heterocycles. The molecule has 9 heteroatoms. The van der Waals surface area contributed by atoms with Gasteiger partial charge in [-0.15, -0.1) is 0 Å². The van der Waals surface area contributed by atoms with E-state index in [1.165, 1.54) is 42.6 Å². The van der Waals surface area contributed by atoms with Gasteiger partial charge in [-0.25, -0.2) is 13.8 Å². The van der Waals surface area contributed by atoms with Crippen LogP contribution in [0.5, 0.6) is 0 Å². The zero-order chi connectivity index (χ0) is 21.7. The molecule has 0 bridgehead atoms. The third-order valence-electron chi connectivity index (χ3n) is 4.06. The molecule has 0 fully saturated rings. The fourth-order valence-corrected chi connectivity index (χ4v) is 3.09. The Kier molecular flexibility index (Phi) is 6.97. The summed E-state index contributed by atoms with van der Waals surface area (Å²) in [5.41, 5.74) is 1.21. The molecule has 3 rings (SSSR count). The van der Waals surface area contributed by atoms with Crippen molar-refractivity contribution in [1.29, 1.82) is 0 Å². The number of pyridine rings is 1. The molecule has 1 aromatic heterocycles. The third kappa shape index (κ3) is 5.75. The molecule has 154 valence electrons. The Morgan fingerprint density at radius 2 is 1.63 bits per heavy atom. The SMILES string of the molecule is O=C(Cc1cccc(F)c1Cl)Nc1ccnc(NC(=O)Cc2ccc(F)cc2Cl)c1. The zero-order valence-corrected chi connectivity index (χ0v) is 16.9. The van der Waals surface area contributed by atoms with E-state index < -0.39 is 23.4 Å². The van der Waals surface area contributed by atoms with Crippen LogP contribution in [0.3, 0.4) is 0 Å². The Morgan fingerprint density at radius 3 is 2.40 bits per heavy atom. The third-order valence-corrected chi connectivity index (χ3v) is 4.84. The highest BCUT2D eigenvalue weighted by Crippen LogP contribution is 2.21. The van der Waals surface area contributed by atoms with E-state index in [0.717, 1.165) is 6.07 Å². The van der Waals surface area contributed by atoms with Crippen molar-refractivity contribution in [3.05, 3.63) is 87.5 Å². The van der Waals surface area contributed by atoms with E-state index in [0.29, 0.717) is 16.8 Å². The van der Waals surface area contributed by atoms with Crippen LogP contribution in [-0.4, -0.2) is 16.8 Å². The molecule has 3 aromatic rings. The van der Waals surface area contributed by atoms with E-state index in [-0.39, 0.29) is 28.7 Å². The van der Waals surface area contributed by atoms with E-state index >= 15 is 0 Å². The van der Waals surface area contributed by atoms with Crippen LogP contribution in [0.1, 0.15) is 11.1 Å². The number of nitrogens with zero attached hydrogens (tertiary/aromatic N) is 1. The highest BCUT2D eigenvalue weighted by atomic mass is 35.5. The summed E-state index contributed by atoms with van der Waals surface area (Å²) in [7, 11) is 0. The van der Waals surface area contributed by atoms with Gasteiger partial charge < -0.3 is 10.6 Å². The molecule has 2 aromatic carbocycles. The van der Waals surface area contributed by atoms with Gasteiger partial charge in [0.15, 0.2) is 0 Å². The van der Waals surface area contributed by atoms with Gasteiger partial charge in [-0.2, -0.15) is 0 Å². The van der Waals surface area contributed by atoms with E-state index in [4.69, 9.17) is 23.2 Å². The monoisotopic (exact) mass is 449 g/mol. The molecule has 0 aliphatic heterocycles. The largest absolute Gasteiger partial charge is 0.326 e. The van der Waals surface area contributed by atoms with Gasteiger partial charge in [0.05, 0.1) is 17.9 Å². The van der Waals surface area contributed by atoms with Crippen LogP contribution in [0.25, 0.3) is 0 Å². The van der Waals surface area contributed by atoms with Crippen LogP contribution in [0.4, 0.5) is 20.3 Å². The fraction of sp³-hybridized carbons (Fsp3) is 0.0952. The van der Waals surface area contributed by atoms with E-state index in [9.17, 15) is 18.4 Å². The van der Waals surface area contributed by atoms with Crippen LogP contribution in [-0.2, 0) is 22.4 Å². The lowest BCUT2D eigenvalue weighted by Gasteiger charge is -2.09. The topological polar surface area (TPSA) is 71.1 Å². The van der Waals surface area contributed by atoms with Crippen LogP contribution in [0.2, 0.25) is 10.0 Å². The number of benzene rings is 2. The van der Waals surface area contributed by atoms with E-state index in [1.807, 2.05) is 0 Å². The highest BCUT2D eigenvalue weighted by molar-refractivity contribution is 6.32. The van der Waals surface area contributed by atoms with Crippen molar-refractivity contribution in [2.75, 3.05) is 10.6 Å². The Balaban J connectivity index is 1.62.